The Bertz CT molecular complexity index is 2530. The molecule has 0 fully saturated rings. The fraction of sp³-hybridized carbons (Fsp3) is 0. The number of hydrogen-bond acceptors (Lipinski definition) is 3. The maximum atomic E-state index is 6.66. The molecule has 9 rings (SSSR count). The summed E-state index contributed by atoms with van der Waals surface area (Å²) in [5.74, 6) is 1.78. The van der Waals surface area contributed by atoms with Crippen LogP contribution in [0.2, 0.25) is 0 Å². The highest BCUT2D eigenvalue weighted by molar-refractivity contribution is 7.68. The summed E-state index contributed by atoms with van der Waals surface area (Å²) in [6.45, 7) is 0. The van der Waals surface area contributed by atoms with Gasteiger partial charge in [-0.05, 0) is 77.9 Å². The highest BCUT2D eigenvalue weighted by Crippen LogP contribution is 2.40. The first kappa shape index (κ1) is 28.3. The predicted octanol–water partition coefficient (Wildman–Crippen LogP) is 10.7. The molecule has 48 heavy (non-hydrogen) atoms. The first-order valence-electron chi connectivity index (χ1n) is 16.0. The van der Waals surface area contributed by atoms with Gasteiger partial charge in [-0.25, -0.2) is 4.98 Å². The van der Waals surface area contributed by atoms with Crippen LogP contribution in [0.1, 0.15) is 0 Å². The largest absolute Gasteiger partial charge is 0.464 e. The molecule has 4 nitrogen and oxygen atoms in total. The number of imidazole rings is 1. The molecule has 0 aliphatic heterocycles. The Balaban J connectivity index is 1.15. The number of para-hydroxylation sites is 2. The zero-order chi connectivity index (χ0) is 31.9. The van der Waals surface area contributed by atoms with Crippen molar-refractivity contribution in [1.29, 1.82) is 0 Å². The summed E-state index contributed by atoms with van der Waals surface area (Å²) in [7, 11) is -1.10. The highest BCUT2D eigenvalue weighted by Gasteiger charge is 2.20. The number of rotatable bonds is 7. The van der Waals surface area contributed by atoms with E-state index >= 15 is 0 Å². The van der Waals surface area contributed by atoms with Crippen molar-refractivity contribution in [2.45, 2.75) is 0 Å². The van der Waals surface area contributed by atoms with E-state index in [4.69, 9.17) is 13.9 Å². The van der Waals surface area contributed by atoms with Crippen LogP contribution in [0.5, 0.6) is 5.75 Å². The number of furan rings is 1. The molecular formula is C43H29N2O2P. The number of fused-ring (bicyclic) bond motifs is 4. The highest BCUT2D eigenvalue weighted by atomic mass is 31.1. The molecule has 0 saturated carbocycles. The zero-order valence-electron chi connectivity index (χ0n) is 25.9. The smallest absolute Gasteiger partial charge is 0.150 e. The summed E-state index contributed by atoms with van der Waals surface area (Å²) in [6.07, 6.45) is 0. The third-order valence-electron chi connectivity index (χ3n) is 8.65. The van der Waals surface area contributed by atoms with E-state index in [1.807, 2.05) is 48.5 Å². The third kappa shape index (κ3) is 5.13. The SMILES string of the molecule is c1ccc(OP(c2ccccc2)c2ccc3oc4ccc(-c5ccc6c(c5)nc(-c5ccccc5)n6-c5ccccc5)cc4c3c2)cc1. The quantitative estimate of drug-likeness (QED) is 0.164. The number of aromatic nitrogens is 2. The minimum Gasteiger partial charge on any atom is -0.464 e. The first-order chi connectivity index (χ1) is 23.8. The van der Waals surface area contributed by atoms with Crippen molar-refractivity contribution >= 4 is 51.7 Å². The maximum absolute atomic E-state index is 6.66. The van der Waals surface area contributed by atoms with Gasteiger partial charge in [0.05, 0.1) is 11.0 Å². The summed E-state index contributed by atoms with van der Waals surface area (Å²) in [6, 6.07) is 60.8. The van der Waals surface area contributed by atoms with Crippen molar-refractivity contribution < 1.29 is 8.94 Å². The van der Waals surface area contributed by atoms with Gasteiger partial charge >= 0.3 is 0 Å². The van der Waals surface area contributed by atoms with E-state index in [2.05, 4.69) is 132 Å². The molecule has 2 aromatic heterocycles. The minimum atomic E-state index is -1.10. The molecule has 0 aliphatic carbocycles. The van der Waals surface area contributed by atoms with Gasteiger partial charge in [0.15, 0.2) is 8.15 Å². The van der Waals surface area contributed by atoms with Gasteiger partial charge in [-0.2, -0.15) is 0 Å². The normalized spacial score (nSPS) is 12.1. The van der Waals surface area contributed by atoms with Crippen LogP contribution < -0.4 is 15.1 Å². The van der Waals surface area contributed by atoms with Crippen LogP contribution in [-0.2, 0) is 0 Å². The van der Waals surface area contributed by atoms with Crippen LogP contribution in [-0.4, -0.2) is 9.55 Å². The summed E-state index contributed by atoms with van der Waals surface area (Å²) in [5.41, 5.74) is 8.11. The zero-order valence-corrected chi connectivity index (χ0v) is 26.8. The average molecular weight is 637 g/mol. The Morgan fingerprint density at radius 3 is 1.85 bits per heavy atom. The van der Waals surface area contributed by atoms with Gasteiger partial charge in [0.25, 0.3) is 0 Å². The van der Waals surface area contributed by atoms with Gasteiger partial charge in [-0.15, -0.1) is 0 Å². The fourth-order valence-corrected chi connectivity index (χ4v) is 8.10. The summed E-state index contributed by atoms with van der Waals surface area (Å²) < 4.78 is 15.2. The van der Waals surface area contributed by atoms with Crippen LogP contribution in [0.3, 0.4) is 0 Å². The molecule has 7 aromatic carbocycles. The predicted molar refractivity (Wildman–Crippen MR) is 199 cm³/mol. The molecule has 2 heterocycles. The summed E-state index contributed by atoms with van der Waals surface area (Å²) >= 11 is 0. The van der Waals surface area contributed by atoms with E-state index in [0.717, 1.165) is 77.5 Å². The molecule has 0 radical (unpaired) electrons. The number of hydrogen-bond donors (Lipinski definition) is 0. The topological polar surface area (TPSA) is 40.2 Å². The van der Waals surface area contributed by atoms with E-state index in [-0.39, 0.29) is 0 Å². The molecule has 0 bridgehead atoms. The number of benzene rings is 7. The van der Waals surface area contributed by atoms with E-state index in [1.165, 1.54) is 0 Å². The maximum Gasteiger partial charge on any atom is 0.150 e. The Morgan fingerprint density at radius 1 is 0.500 bits per heavy atom. The van der Waals surface area contributed by atoms with Gasteiger partial charge in [-0.1, -0.05) is 109 Å². The minimum absolute atomic E-state index is 0.854. The monoisotopic (exact) mass is 636 g/mol. The molecule has 0 amide bonds. The molecule has 0 spiro atoms. The van der Waals surface area contributed by atoms with Crippen molar-refractivity contribution in [3.8, 4) is 34.0 Å². The Labute approximate surface area is 279 Å². The van der Waals surface area contributed by atoms with Gasteiger partial charge < -0.3 is 8.94 Å². The summed E-state index contributed by atoms with van der Waals surface area (Å²) in [5, 5.41) is 4.43. The van der Waals surface area contributed by atoms with Crippen molar-refractivity contribution in [2.24, 2.45) is 0 Å². The second-order valence-electron chi connectivity index (χ2n) is 11.7. The third-order valence-corrected chi connectivity index (χ3v) is 10.6. The molecule has 9 aromatic rings. The molecule has 5 heteroatoms. The van der Waals surface area contributed by atoms with Gasteiger partial charge in [-0.3, -0.25) is 4.57 Å². The van der Waals surface area contributed by atoms with Gasteiger partial charge in [0, 0.05) is 32.6 Å². The van der Waals surface area contributed by atoms with Crippen molar-refractivity contribution in [2.75, 3.05) is 0 Å². The Kier molecular flexibility index (Phi) is 7.07. The second kappa shape index (κ2) is 12.0. The van der Waals surface area contributed by atoms with Gasteiger partial charge in [0.1, 0.15) is 22.7 Å². The lowest BCUT2D eigenvalue weighted by molar-refractivity contribution is 0.630. The van der Waals surface area contributed by atoms with Gasteiger partial charge in [0.2, 0.25) is 0 Å². The Morgan fingerprint density at radius 2 is 1.10 bits per heavy atom. The molecule has 1 atom stereocenters. The van der Waals surface area contributed by atoms with E-state index in [1.54, 1.807) is 0 Å². The van der Waals surface area contributed by atoms with Crippen molar-refractivity contribution in [3.05, 3.63) is 176 Å². The van der Waals surface area contributed by atoms with E-state index in [0.29, 0.717) is 0 Å². The molecule has 0 aliphatic rings. The van der Waals surface area contributed by atoms with Crippen LogP contribution >= 0.6 is 8.15 Å². The first-order valence-corrected chi connectivity index (χ1v) is 17.2. The molecule has 1 unspecified atom stereocenters. The average Bonchev–Trinajstić information content (AvgIpc) is 3.73. The lowest BCUT2D eigenvalue weighted by Gasteiger charge is -2.19. The molecule has 0 saturated heterocycles. The fourth-order valence-electron chi connectivity index (χ4n) is 6.36. The lowest BCUT2D eigenvalue weighted by Crippen LogP contribution is -2.15. The standard InChI is InChI=1S/C43H29N2O2P/c1-5-13-30(14-6-1)43-44-39-28-32(21-24-40(39)45(43)33-15-7-2-8-16-33)31-22-25-41-37(27-31)38-29-36(23-26-42(38)46-41)48(35-19-11-4-12-20-35)47-34-17-9-3-10-18-34/h1-29H. The second-order valence-corrected chi connectivity index (χ2v) is 13.5. The Hall–Kier alpha value is -5.96. The van der Waals surface area contributed by atoms with E-state index in [9.17, 15) is 0 Å². The van der Waals surface area contributed by atoms with Crippen LogP contribution in [0, 0.1) is 0 Å². The summed E-state index contributed by atoms with van der Waals surface area (Å²) in [4.78, 5) is 5.17. The van der Waals surface area contributed by atoms with E-state index < -0.39 is 8.15 Å². The molecule has 0 N–H and O–H groups in total. The van der Waals surface area contributed by atoms with Crippen LogP contribution in [0.15, 0.2) is 180 Å². The van der Waals surface area contributed by atoms with Crippen molar-refractivity contribution in [1.82, 2.24) is 9.55 Å². The van der Waals surface area contributed by atoms with Crippen LogP contribution in [0.4, 0.5) is 0 Å². The number of nitrogens with zero attached hydrogens (tertiary/aromatic N) is 2. The molecular weight excluding hydrogens is 607 g/mol. The van der Waals surface area contributed by atoms with Crippen LogP contribution in [0.25, 0.3) is 61.2 Å². The van der Waals surface area contributed by atoms with Crippen molar-refractivity contribution in [3.63, 3.8) is 0 Å². The molecule has 228 valence electrons. The lowest BCUT2D eigenvalue weighted by atomic mass is 10.0.